The Morgan fingerprint density at radius 2 is 1.86 bits per heavy atom. The topological polar surface area (TPSA) is 29.5 Å². The van der Waals surface area contributed by atoms with Crippen LogP contribution in [-0.2, 0) is 4.43 Å². The smallest absolute Gasteiger partial charge is 0.220 e. The van der Waals surface area contributed by atoms with Crippen LogP contribution in [0.4, 0.5) is 0 Å². The first-order chi connectivity index (χ1) is 9.95. The summed E-state index contributed by atoms with van der Waals surface area (Å²) in [5, 5.41) is 11.1. The number of hydrogen-bond acceptors (Lipinski definition) is 2. The van der Waals surface area contributed by atoms with E-state index in [1.165, 1.54) is 5.19 Å². The molecule has 1 saturated heterocycles. The maximum absolute atomic E-state index is 10.5. The Hall–Kier alpha value is -0.686. The highest BCUT2D eigenvalue weighted by Gasteiger charge is 2.59. The van der Waals surface area contributed by atoms with Crippen molar-refractivity contribution in [2.75, 3.05) is 0 Å². The Labute approximate surface area is 137 Å². The summed E-state index contributed by atoms with van der Waals surface area (Å²) in [4.78, 5) is 0. The molecule has 4 heteroatoms. The normalized spacial score (nSPS) is 29.0. The van der Waals surface area contributed by atoms with E-state index in [2.05, 4.69) is 64.3 Å². The van der Waals surface area contributed by atoms with E-state index in [1.807, 2.05) is 13.0 Å². The van der Waals surface area contributed by atoms with Gasteiger partial charge in [-0.05, 0) is 45.3 Å². The molecule has 1 aromatic carbocycles. The molecular weight excluding hydrogens is 304 g/mol. The number of benzene rings is 1. The summed E-state index contributed by atoms with van der Waals surface area (Å²) >= 11 is 0. The summed E-state index contributed by atoms with van der Waals surface area (Å²) in [7, 11) is -3.88. The van der Waals surface area contributed by atoms with Crippen LogP contribution in [0, 0.1) is 0 Å². The molecule has 1 heterocycles. The van der Waals surface area contributed by atoms with E-state index < -0.39 is 21.6 Å². The van der Waals surface area contributed by atoms with E-state index in [0.717, 1.165) is 18.0 Å². The molecule has 0 aromatic heterocycles. The second kappa shape index (κ2) is 5.44. The van der Waals surface area contributed by atoms with Gasteiger partial charge in [0.05, 0.1) is 5.22 Å². The van der Waals surface area contributed by atoms with Crippen molar-refractivity contribution in [1.29, 1.82) is 0 Å². The van der Waals surface area contributed by atoms with Crippen LogP contribution in [0.1, 0.15) is 32.8 Å². The van der Waals surface area contributed by atoms with Crippen LogP contribution in [0.2, 0.25) is 25.7 Å². The Balaban J connectivity index is 2.27. The molecule has 0 spiro atoms. The minimum Gasteiger partial charge on any atom is -0.412 e. The number of hydrogen-bond donors (Lipinski definition) is 1. The third-order valence-corrected chi connectivity index (χ3v) is 15.9. The van der Waals surface area contributed by atoms with Crippen LogP contribution >= 0.6 is 0 Å². The zero-order valence-electron chi connectivity index (χ0n) is 14.9. The van der Waals surface area contributed by atoms with Crippen molar-refractivity contribution in [3.8, 4) is 0 Å². The van der Waals surface area contributed by atoms with Crippen molar-refractivity contribution >= 4 is 27.7 Å². The molecular formula is C18H30O2Si2. The molecule has 0 radical (unpaired) electrons. The van der Waals surface area contributed by atoms with E-state index in [0.29, 0.717) is 0 Å². The van der Waals surface area contributed by atoms with Crippen LogP contribution < -0.4 is 5.19 Å². The predicted molar refractivity (Wildman–Crippen MR) is 100 cm³/mol. The molecule has 1 aromatic rings. The summed E-state index contributed by atoms with van der Waals surface area (Å²) in [6.07, 6.45) is 2.75. The number of rotatable bonds is 5. The van der Waals surface area contributed by atoms with Gasteiger partial charge in [0, 0.05) is 5.22 Å². The third kappa shape index (κ3) is 2.78. The van der Waals surface area contributed by atoms with Gasteiger partial charge in [0.1, 0.15) is 8.07 Å². The van der Waals surface area contributed by atoms with E-state index in [4.69, 9.17) is 4.43 Å². The molecule has 22 heavy (non-hydrogen) atoms. The SMILES string of the molecule is C=Cc1ccc([Si](C)(C)C(C)(C)O[Si]2(C)CCC2(C)O)cc1. The molecule has 122 valence electrons. The van der Waals surface area contributed by atoms with Crippen LogP contribution in [0.15, 0.2) is 30.8 Å². The van der Waals surface area contributed by atoms with Crippen LogP contribution in [0.3, 0.4) is 0 Å². The van der Waals surface area contributed by atoms with E-state index in [9.17, 15) is 5.11 Å². The Morgan fingerprint density at radius 1 is 1.32 bits per heavy atom. The van der Waals surface area contributed by atoms with E-state index in [-0.39, 0.29) is 5.22 Å². The zero-order chi connectivity index (χ0) is 16.8. The Morgan fingerprint density at radius 3 is 2.23 bits per heavy atom. The van der Waals surface area contributed by atoms with Crippen LogP contribution in [0.5, 0.6) is 0 Å². The van der Waals surface area contributed by atoms with Crippen molar-refractivity contribution in [2.45, 2.75) is 63.3 Å². The molecule has 2 nitrogen and oxygen atoms in total. The van der Waals surface area contributed by atoms with E-state index in [1.54, 1.807) is 0 Å². The lowest BCUT2D eigenvalue weighted by atomic mass is 10.2. The summed E-state index contributed by atoms with van der Waals surface area (Å²) < 4.78 is 6.68. The fraction of sp³-hybridized carbons (Fsp3) is 0.556. The Bertz CT molecular complexity index is 561. The van der Waals surface area contributed by atoms with Gasteiger partial charge in [0.25, 0.3) is 0 Å². The first-order valence-corrected chi connectivity index (χ1v) is 13.7. The standard InChI is InChI=1S/C18H30O2Si2/c1-8-15-9-11-16(12-10-15)21(5,6)17(2,3)20-22(7)14-13-18(22,4)19/h8-12,19H,1,13-14H2,2-7H3. The second-order valence-electron chi connectivity index (χ2n) is 8.07. The minimum absolute atomic E-state index is 0.200. The maximum atomic E-state index is 10.5. The number of aliphatic hydroxyl groups is 1. The highest BCUT2D eigenvalue weighted by Crippen LogP contribution is 2.45. The molecule has 0 bridgehead atoms. The predicted octanol–water partition coefficient (Wildman–Crippen LogP) is 3.85. The molecule has 2 atom stereocenters. The van der Waals surface area contributed by atoms with Crippen LogP contribution in [-0.4, -0.2) is 31.9 Å². The van der Waals surface area contributed by atoms with Crippen molar-refractivity contribution in [1.82, 2.24) is 0 Å². The highest BCUT2D eigenvalue weighted by atomic mass is 28.4. The summed E-state index contributed by atoms with van der Waals surface area (Å²) in [6.45, 7) is 17.1. The average Bonchev–Trinajstić information content (AvgIpc) is 2.45. The maximum Gasteiger partial charge on any atom is 0.220 e. The molecule has 2 rings (SSSR count). The van der Waals surface area contributed by atoms with Gasteiger partial charge in [0.2, 0.25) is 8.32 Å². The molecule has 1 aliphatic heterocycles. The monoisotopic (exact) mass is 334 g/mol. The van der Waals surface area contributed by atoms with Crippen molar-refractivity contribution in [2.24, 2.45) is 0 Å². The lowest BCUT2D eigenvalue weighted by molar-refractivity contribution is 0.0413. The first kappa shape index (κ1) is 17.7. The zero-order valence-corrected chi connectivity index (χ0v) is 16.9. The molecule has 1 N–H and O–H groups in total. The van der Waals surface area contributed by atoms with Crippen molar-refractivity contribution < 1.29 is 9.53 Å². The Kier molecular flexibility index (Phi) is 4.37. The molecule has 1 aliphatic rings. The minimum atomic E-state index is -2.05. The quantitative estimate of drug-likeness (QED) is 0.829. The largest absolute Gasteiger partial charge is 0.412 e. The van der Waals surface area contributed by atoms with Gasteiger partial charge in [-0.1, -0.05) is 55.2 Å². The highest BCUT2D eigenvalue weighted by molar-refractivity contribution is 6.93. The van der Waals surface area contributed by atoms with Gasteiger partial charge in [0.15, 0.2) is 0 Å². The fourth-order valence-corrected chi connectivity index (χ4v) is 9.59. The van der Waals surface area contributed by atoms with Gasteiger partial charge in [-0.2, -0.15) is 0 Å². The lowest BCUT2D eigenvalue weighted by Crippen LogP contribution is -2.72. The summed E-state index contributed by atoms with van der Waals surface area (Å²) in [5.74, 6) is 0. The summed E-state index contributed by atoms with van der Waals surface area (Å²) in [6, 6.07) is 9.76. The van der Waals surface area contributed by atoms with Gasteiger partial charge in [-0.25, -0.2) is 0 Å². The third-order valence-electron chi connectivity index (χ3n) is 6.08. The molecule has 0 saturated carbocycles. The molecule has 0 amide bonds. The van der Waals surface area contributed by atoms with Gasteiger partial charge >= 0.3 is 0 Å². The lowest BCUT2D eigenvalue weighted by Gasteiger charge is -2.55. The molecule has 0 aliphatic carbocycles. The second-order valence-corrected chi connectivity index (χ2v) is 17.3. The fourth-order valence-electron chi connectivity index (χ4n) is 3.07. The van der Waals surface area contributed by atoms with Crippen molar-refractivity contribution in [3.63, 3.8) is 0 Å². The first-order valence-electron chi connectivity index (χ1n) is 8.11. The van der Waals surface area contributed by atoms with E-state index >= 15 is 0 Å². The molecule has 2 unspecified atom stereocenters. The van der Waals surface area contributed by atoms with Gasteiger partial charge in [-0.15, -0.1) is 0 Å². The van der Waals surface area contributed by atoms with Crippen LogP contribution in [0.25, 0.3) is 6.08 Å². The van der Waals surface area contributed by atoms with Gasteiger partial charge < -0.3 is 9.53 Å². The van der Waals surface area contributed by atoms with Gasteiger partial charge in [-0.3, -0.25) is 0 Å². The summed E-state index contributed by atoms with van der Waals surface area (Å²) in [5.41, 5.74) is 1.15. The van der Waals surface area contributed by atoms with Crippen molar-refractivity contribution in [3.05, 3.63) is 36.4 Å². The molecule has 1 fully saturated rings. The average molecular weight is 335 g/mol.